The minimum absolute atomic E-state index is 0.00324. The molecule has 0 bridgehead atoms. The van der Waals surface area contributed by atoms with Gasteiger partial charge in [-0.3, -0.25) is 0 Å². The summed E-state index contributed by atoms with van der Waals surface area (Å²) in [5, 5.41) is 0.749. The van der Waals surface area contributed by atoms with Gasteiger partial charge in [-0.1, -0.05) is 61.9 Å². The number of nitrogens with zero attached hydrogens (tertiary/aromatic N) is 2. The SMILES string of the molecule is COc1ccc(CN(Cc2ccc(OC)cc2)S(=O)(=O)CC(C)(C)[C@@H]2C=C([C@H](OC)[C@@H]3CC[C@H]3CN3C[C@@]4(CCCc5cc(Cl)ccc54)COc4ccc(C(=O)OC(C)(C)C)cc43)C2)cc1. The van der Waals surface area contributed by atoms with Crippen LogP contribution in [0.1, 0.15) is 99.3 Å². The Morgan fingerprint density at radius 1 is 0.894 bits per heavy atom. The molecule has 12 heteroatoms. The lowest BCUT2D eigenvalue weighted by Gasteiger charge is -2.49. The van der Waals surface area contributed by atoms with Crippen LogP contribution in [0.5, 0.6) is 17.2 Å². The van der Waals surface area contributed by atoms with Crippen LogP contribution in [0.4, 0.5) is 5.69 Å². The van der Waals surface area contributed by atoms with Crippen molar-refractivity contribution in [2.45, 2.75) is 103 Å². The highest BCUT2D eigenvalue weighted by atomic mass is 35.5. The van der Waals surface area contributed by atoms with Gasteiger partial charge in [0.25, 0.3) is 0 Å². The summed E-state index contributed by atoms with van der Waals surface area (Å²) in [5.41, 5.74) is 5.60. The average molecular weight is 940 g/mol. The molecule has 0 radical (unpaired) electrons. The van der Waals surface area contributed by atoms with E-state index < -0.39 is 21.0 Å². The third kappa shape index (κ3) is 10.4. The molecule has 3 aliphatic carbocycles. The van der Waals surface area contributed by atoms with Gasteiger partial charge >= 0.3 is 5.97 Å². The number of carbonyl (C=O) groups is 1. The van der Waals surface area contributed by atoms with Crippen molar-refractivity contribution < 1.29 is 36.9 Å². The van der Waals surface area contributed by atoms with E-state index in [1.807, 2.05) is 93.6 Å². The van der Waals surface area contributed by atoms with Gasteiger partial charge < -0.3 is 28.6 Å². The molecule has 0 N–H and O–H groups in total. The van der Waals surface area contributed by atoms with Gasteiger partial charge in [0.1, 0.15) is 22.8 Å². The van der Waals surface area contributed by atoms with Gasteiger partial charge in [-0.2, -0.15) is 4.31 Å². The second-order valence-corrected chi connectivity index (χ2v) is 23.1. The number of halogens is 1. The van der Waals surface area contributed by atoms with E-state index >= 15 is 0 Å². The normalized spacial score (nSPS) is 22.2. The monoisotopic (exact) mass is 938 g/mol. The fourth-order valence-electron chi connectivity index (χ4n) is 10.7. The van der Waals surface area contributed by atoms with Gasteiger partial charge in [0.05, 0.1) is 43.9 Å². The molecular weight excluding hydrogens is 872 g/mol. The maximum atomic E-state index is 14.5. The summed E-state index contributed by atoms with van der Waals surface area (Å²) in [6, 6.07) is 27.2. The van der Waals surface area contributed by atoms with E-state index in [0.717, 1.165) is 90.7 Å². The number of esters is 1. The predicted molar refractivity (Wildman–Crippen MR) is 261 cm³/mol. The van der Waals surface area contributed by atoms with Crippen LogP contribution in [-0.2, 0) is 44.4 Å². The standard InChI is InChI=1S/C54H67ClN2O8S/c1-52(2,3)65-51(58)39-16-24-49-48(29-39)56(33-54(34-64-49)25-9-10-38-28-43(55)17-23-47(38)54)32-40-15-22-46(40)50(63-8)41-26-42(27-41)53(4,5)35-66(59,60)57(30-36-11-18-44(61-6)19-12-36)31-37-13-20-45(62-7)21-14-37/h11-14,16-21,23-24,26,28-29,40,42,46,50H,9-10,15,22,25,27,30-35H2,1-8H3/t40-,42+,46+,50-,54-/m0/s1. The van der Waals surface area contributed by atoms with E-state index in [-0.39, 0.29) is 48.2 Å². The molecule has 4 aliphatic rings. The number of fused-ring (bicyclic) bond motifs is 3. The number of carbonyl (C=O) groups excluding carboxylic acids is 1. The third-order valence-corrected chi connectivity index (χ3v) is 16.9. The molecular formula is C54H67ClN2O8S. The highest BCUT2D eigenvalue weighted by Gasteiger charge is 2.48. The summed E-state index contributed by atoms with van der Waals surface area (Å²) in [6.45, 7) is 12.4. The van der Waals surface area contributed by atoms with Gasteiger partial charge in [-0.25, -0.2) is 13.2 Å². The number of anilines is 1. The first-order valence-corrected chi connectivity index (χ1v) is 25.4. The fraction of sp³-hybridized carbons (Fsp3) is 0.500. The molecule has 4 aromatic rings. The molecule has 0 aromatic heterocycles. The lowest BCUT2D eigenvalue weighted by atomic mass is 9.62. The molecule has 10 nitrogen and oxygen atoms in total. The number of methoxy groups -OCH3 is 3. The topological polar surface area (TPSA) is 104 Å². The van der Waals surface area contributed by atoms with Crippen LogP contribution < -0.4 is 19.1 Å². The maximum absolute atomic E-state index is 14.5. The molecule has 1 heterocycles. The Balaban J connectivity index is 1.01. The number of allylic oxidation sites excluding steroid dienone is 1. The Kier molecular flexibility index (Phi) is 14.0. The summed E-state index contributed by atoms with van der Waals surface area (Å²) in [7, 11) is 1.32. The molecule has 8 rings (SSSR count). The lowest BCUT2D eigenvalue weighted by molar-refractivity contribution is -0.00188. The number of hydrogen-bond donors (Lipinski definition) is 0. The van der Waals surface area contributed by atoms with Crippen molar-refractivity contribution in [1.82, 2.24) is 4.31 Å². The molecule has 1 aliphatic heterocycles. The number of rotatable bonds is 16. The number of ether oxygens (including phenoxy) is 5. The highest BCUT2D eigenvalue weighted by Crippen LogP contribution is 2.51. The summed E-state index contributed by atoms with van der Waals surface area (Å²) >= 11 is 6.54. The fourth-order valence-corrected chi connectivity index (χ4v) is 12.9. The van der Waals surface area contributed by atoms with E-state index in [1.165, 1.54) is 16.7 Å². The summed E-state index contributed by atoms with van der Waals surface area (Å²) < 4.78 is 60.3. The van der Waals surface area contributed by atoms with Crippen molar-refractivity contribution in [1.29, 1.82) is 0 Å². The van der Waals surface area contributed by atoms with Gasteiger partial charge in [0.15, 0.2) is 0 Å². The Bertz CT molecular complexity index is 2470. The minimum Gasteiger partial charge on any atom is -0.497 e. The lowest BCUT2D eigenvalue weighted by Crippen LogP contribution is -2.50. The second-order valence-electron chi connectivity index (χ2n) is 20.7. The molecule has 0 amide bonds. The third-order valence-electron chi connectivity index (χ3n) is 14.5. The minimum atomic E-state index is -3.73. The van der Waals surface area contributed by atoms with Crippen LogP contribution in [0, 0.1) is 23.2 Å². The highest BCUT2D eigenvalue weighted by molar-refractivity contribution is 7.89. The van der Waals surface area contributed by atoms with E-state index in [4.69, 9.17) is 35.3 Å². The predicted octanol–water partition coefficient (Wildman–Crippen LogP) is 10.8. The molecule has 1 spiro atoms. The molecule has 4 aromatic carbocycles. The van der Waals surface area contributed by atoms with E-state index in [9.17, 15) is 13.2 Å². The summed E-state index contributed by atoms with van der Waals surface area (Å²) in [4.78, 5) is 15.9. The van der Waals surface area contributed by atoms with Gasteiger partial charge in [-0.05, 0) is 165 Å². The van der Waals surface area contributed by atoms with E-state index in [2.05, 4.69) is 37.0 Å². The number of benzene rings is 4. The first kappa shape index (κ1) is 47.9. The van der Waals surface area contributed by atoms with Gasteiger partial charge in [-0.15, -0.1) is 0 Å². The smallest absolute Gasteiger partial charge is 0.338 e. The molecule has 66 heavy (non-hydrogen) atoms. The summed E-state index contributed by atoms with van der Waals surface area (Å²) in [6.07, 6.45) is 8.10. The Morgan fingerprint density at radius 3 is 2.12 bits per heavy atom. The van der Waals surface area contributed by atoms with Crippen molar-refractivity contribution in [2.75, 3.05) is 51.7 Å². The number of sulfonamides is 1. The Labute approximate surface area is 397 Å². The molecule has 0 unspecified atom stereocenters. The zero-order valence-electron chi connectivity index (χ0n) is 39.9. The van der Waals surface area contributed by atoms with Crippen LogP contribution in [0.3, 0.4) is 0 Å². The van der Waals surface area contributed by atoms with Crippen molar-refractivity contribution in [2.24, 2.45) is 23.2 Å². The van der Waals surface area contributed by atoms with Crippen LogP contribution in [0.25, 0.3) is 0 Å². The number of hydrogen-bond acceptors (Lipinski definition) is 9. The van der Waals surface area contributed by atoms with E-state index in [1.54, 1.807) is 25.6 Å². The van der Waals surface area contributed by atoms with Gasteiger partial charge in [0.2, 0.25) is 10.0 Å². The van der Waals surface area contributed by atoms with Crippen LogP contribution in [-0.4, -0.2) is 77.2 Å². The quantitative estimate of drug-likeness (QED) is 0.0802. The molecule has 1 fully saturated rings. The largest absolute Gasteiger partial charge is 0.497 e. The van der Waals surface area contributed by atoms with Crippen molar-refractivity contribution in [3.8, 4) is 17.2 Å². The molecule has 1 saturated carbocycles. The molecule has 5 atom stereocenters. The summed E-state index contributed by atoms with van der Waals surface area (Å²) in [5.74, 6) is 2.55. The zero-order valence-corrected chi connectivity index (χ0v) is 41.5. The van der Waals surface area contributed by atoms with Crippen molar-refractivity contribution >= 4 is 33.3 Å². The van der Waals surface area contributed by atoms with Gasteiger partial charge in [0, 0.05) is 43.7 Å². The van der Waals surface area contributed by atoms with Crippen LogP contribution in [0.15, 0.2) is 96.6 Å². The maximum Gasteiger partial charge on any atom is 0.338 e. The van der Waals surface area contributed by atoms with Crippen molar-refractivity contribution in [3.63, 3.8) is 0 Å². The zero-order chi connectivity index (χ0) is 47.0. The molecule has 0 saturated heterocycles. The average Bonchev–Trinajstić information content (AvgIpc) is 3.39. The van der Waals surface area contributed by atoms with Crippen molar-refractivity contribution in [3.05, 3.63) is 129 Å². The number of aryl methyl sites for hydroxylation is 1. The molecule has 354 valence electrons. The Hall–Kier alpha value is -4.55. The Morgan fingerprint density at radius 2 is 1.55 bits per heavy atom. The van der Waals surface area contributed by atoms with Crippen LogP contribution >= 0.6 is 11.6 Å². The van der Waals surface area contributed by atoms with Crippen LogP contribution in [0.2, 0.25) is 5.02 Å². The van der Waals surface area contributed by atoms with E-state index in [0.29, 0.717) is 18.1 Å². The first-order valence-electron chi connectivity index (χ1n) is 23.4. The first-order chi connectivity index (χ1) is 31.4. The second kappa shape index (κ2) is 19.2.